The number of benzene rings is 2. The van der Waals surface area contributed by atoms with Gasteiger partial charge in [-0.2, -0.15) is 4.31 Å². The lowest BCUT2D eigenvalue weighted by molar-refractivity contribution is 0.0469. The summed E-state index contributed by atoms with van der Waals surface area (Å²) in [7, 11) is -3.90. The van der Waals surface area contributed by atoms with E-state index in [0.29, 0.717) is 5.56 Å². The van der Waals surface area contributed by atoms with Gasteiger partial charge < -0.3 is 9.47 Å². The number of ether oxygens (including phenoxy) is 2. The van der Waals surface area contributed by atoms with Gasteiger partial charge in [0.05, 0.1) is 23.7 Å². The Hall–Kier alpha value is -2.62. The molecule has 9 heteroatoms. The van der Waals surface area contributed by atoms with Crippen LogP contribution in [0.2, 0.25) is 0 Å². The van der Waals surface area contributed by atoms with Crippen molar-refractivity contribution >= 4 is 21.8 Å². The molecule has 0 unspecified atom stereocenters. The molecule has 1 aliphatic carbocycles. The van der Waals surface area contributed by atoms with Crippen LogP contribution in [0.4, 0.5) is 4.39 Å². The van der Waals surface area contributed by atoms with Gasteiger partial charge in [-0.25, -0.2) is 17.6 Å². The molecule has 4 rings (SSSR count). The summed E-state index contributed by atoms with van der Waals surface area (Å²) in [6.07, 6.45) is 2.94. The van der Waals surface area contributed by atoms with E-state index in [2.05, 4.69) is 0 Å². The van der Waals surface area contributed by atoms with E-state index < -0.39 is 39.8 Å². The minimum Gasteiger partial charge on any atom is -0.454 e. The van der Waals surface area contributed by atoms with Gasteiger partial charge in [-0.3, -0.25) is 4.79 Å². The number of halogens is 1. The average molecular weight is 447 g/mol. The fraction of sp³-hybridized carbons (Fsp3) is 0.364. The maximum atomic E-state index is 14.2. The van der Waals surface area contributed by atoms with Crippen molar-refractivity contribution in [2.24, 2.45) is 0 Å². The molecule has 2 aromatic carbocycles. The summed E-state index contributed by atoms with van der Waals surface area (Å²) >= 11 is 0. The lowest BCUT2D eigenvalue weighted by atomic mass is 10.0. The molecule has 0 N–H and O–H groups in total. The number of hydrogen-bond acceptors (Lipinski definition) is 6. The van der Waals surface area contributed by atoms with Crippen molar-refractivity contribution in [1.82, 2.24) is 4.31 Å². The van der Waals surface area contributed by atoms with E-state index in [1.165, 1.54) is 9.87 Å². The first-order chi connectivity index (χ1) is 14.9. The monoisotopic (exact) mass is 447 g/mol. The van der Waals surface area contributed by atoms with Gasteiger partial charge in [0.15, 0.2) is 12.4 Å². The molecule has 0 amide bonds. The minimum absolute atomic E-state index is 0.175. The van der Waals surface area contributed by atoms with Gasteiger partial charge >= 0.3 is 5.97 Å². The summed E-state index contributed by atoms with van der Waals surface area (Å²) < 4.78 is 51.1. The van der Waals surface area contributed by atoms with Crippen LogP contribution in [0.25, 0.3) is 0 Å². The van der Waals surface area contributed by atoms with Crippen molar-refractivity contribution in [3.05, 3.63) is 64.5 Å². The summed E-state index contributed by atoms with van der Waals surface area (Å²) in [6, 6.07) is 8.35. The number of morpholine rings is 1. The average Bonchev–Trinajstić information content (AvgIpc) is 3.26. The Balaban J connectivity index is 1.47. The Morgan fingerprint density at radius 3 is 2.55 bits per heavy atom. The van der Waals surface area contributed by atoms with Crippen LogP contribution in [0, 0.1) is 5.82 Å². The second kappa shape index (κ2) is 8.86. The van der Waals surface area contributed by atoms with E-state index in [4.69, 9.17) is 9.47 Å². The number of ketones is 1. The van der Waals surface area contributed by atoms with Crippen molar-refractivity contribution in [1.29, 1.82) is 0 Å². The van der Waals surface area contributed by atoms with E-state index in [0.717, 1.165) is 43.0 Å². The largest absolute Gasteiger partial charge is 0.454 e. The zero-order valence-corrected chi connectivity index (χ0v) is 17.6. The maximum absolute atomic E-state index is 14.2. The van der Waals surface area contributed by atoms with Crippen LogP contribution < -0.4 is 0 Å². The zero-order chi connectivity index (χ0) is 22.0. The normalized spacial score (nSPS) is 16.7. The van der Waals surface area contributed by atoms with Gasteiger partial charge in [0.2, 0.25) is 10.0 Å². The fourth-order valence-corrected chi connectivity index (χ4v) is 5.23. The number of nitrogens with zero attached hydrogens (tertiary/aromatic N) is 1. The lowest BCUT2D eigenvalue weighted by Crippen LogP contribution is -2.40. The quantitative estimate of drug-likeness (QED) is 0.499. The molecular formula is C22H22FNO6S. The number of sulfonamides is 1. The van der Waals surface area contributed by atoms with Crippen LogP contribution in [-0.4, -0.2) is 57.4 Å². The SMILES string of the molecule is O=C(COC(=O)c1cc(S(=O)(=O)N2CCOCC2)ccc1F)c1ccc2c(c1)CCC2. The molecule has 0 atom stereocenters. The van der Waals surface area contributed by atoms with Crippen LogP contribution in [0.5, 0.6) is 0 Å². The Kier molecular flexibility index (Phi) is 6.17. The van der Waals surface area contributed by atoms with Crippen LogP contribution >= 0.6 is 0 Å². The van der Waals surface area contributed by atoms with Gasteiger partial charge in [0.25, 0.3) is 0 Å². The van der Waals surface area contributed by atoms with E-state index in [9.17, 15) is 22.4 Å². The van der Waals surface area contributed by atoms with Gasteiger partial charge in [-0.1, -0.05) is 12.1 Å². The molecular weight excluding hydrogens is 425 g/mol. The molecule has 2 aromatic rings. The summed E-state index contributed by atoms with van der Waals surface area (Å²) in [6.45, 7) is 0.321. The first kappa shape index (κ1) is 21.6. The number of carbonyl (C=O) groups is 2. The molecule has 0 radical (unpaired) electrons. The highest BCUT2D eigenvalue weighted by atomic mass is 32.2. The highest BCUT2D eigenvalue weighted by Crippen LogP contribution is 2.24. The van der Waals surface area contributed by atoms with Gasteiger partial charge in [0.1, 0.15) is 5.82 Å². The van der Waals surface area contributed by atoms with Gasteiger partial charge in [-0.15, -0.1) is 0 Å². The number of rotatable bonds is 6. The van der Waals surface area contributed by atoms with Gasteiger partial charge in [0, 0.05) is 18.7 Å². The topological polar surface area (TPSA) is 90.0 Å². The number of Topliss-reactive ketones (excluding diaryl/α,β-unsaturated/α-hetero) is 1. The molecule has 0 aromatic heterocycles. The lowest BCUT2D eigenvalue weighted by Gasteiger charge is -2.26. The Morgan fingerprint density at radius 2 is 1.77 bits per heavy atom. The molecule has 0 spiro atoms. The number of esters is 1. The maximum Gasteiger partial charge on any atom is 0.341 e. The second-order valence-corrected chi connectivity index (χ2v) is 9.43. The van der Waals surface area contributed by atoms with Crippen LogP contribution in [0.3, 0.4) is 0 Å². The predicted molar refractivity (Wildman–Crippen MR) is 109 cm³/mol. The third kappa shape index (κ3) is 4.53. The Bertz CT molecular complexity index is 1120. The summed E-state index contributed by atoms with van der Waals surface area (Å²) in [5, 5.41) is 0. The standard InChI is InChI=1S/C22H22FNO6S/c23-20-7-6-18(31(27,28)24-8-10-29-11-9-24)13-19(20)22(26)30-14-21(25)17-5-4-15-2-1-3-16(15)12-17/h4-7,12-13H,1-3,8-11,14H2. The predicted octanol–water partition coefficient (Wildman–Crippen LogP) is 2.38. The first-order valence-corrected chi connectivity index (χ1v) is 11.5. The molecule has 0 bridgehead atoms. The molecule has 1 heterocycles. The highest BCUT2D eigenvalue weighted by molar-refractivity contribution is 7.89. The van der Waals surface area contributed by atoms with Crippen molar-refractivity contribution in [2.75, 3.05) is 32.9 Å². The number of aryl methyl sites for hydroxylation is 2. The molecule has 7 nitrogen and oxygen atoms in total. The fourth-order valence-electron chi connectivity index (χ4n) is 3.79. The molecule has 31 heavy (non-hydrogen) atoms. The zero-order valence-electron chi connectivity index (χ0n) is 16.8. The Morgan fingerprint density at radius 1 is 1.03 bits per heavy atom. The molecule has 1 fully saturated rings. The molecule has 164 valence electrons. The third-order valence-electron chi connectivity index (χ3n) is 5.52. The van der Waals surface area contributed by atoms with Crippen LogP contribution in [-0.2, 0) is 32.3 Å². The van der Waals surface area contributed by atoms with Crippen molar-refractivity contribution < 1.29 is 31.9 Å². The minimum atomic E-state index is -3.90. The Labute approximate surface area is 179 Å². The molecule has 1 saturated heterocycles. The van der Waals surface area contributed by atoms with Crippen molar-refractivity contribution in [3.8, 4) is 0 Å². The second-order valence-electron chi connectivity index (χ2n) is 7.49. The molecule has 0 saturated carbocycles. The van der Waals surface area contributed by atoms with Crippen LogP contribution in [0.1, 0.15) is 38.3 Å². The van der Waals surface area contributed by atoms with Crippen LogP contribution in [0.15, 0.2) is 41.3 Å². The van der Waals surface area contributed by atoms with Crippen molar-refractivity contribution in [3.63, 3.8) is 0 Å². The highest BCUT2D eigenvalue weighted by Gasteiger charge is 2.28. The smallest absolute Gasteiger partial charge is 0.341 e. The van der Waals surface area contributed by atoms with E-state index in [1.54, 1.807) is 12.1 Å². The first-order valence-electron chi connectivity index (χ1n) is 10.1. The van der Waals surface area contributed by atoms with Crippen molar-refractivity contribution in [2.45, 2.75) is 24.2 Å². The van der Waals surface area contributed by atoms with E-state index in [1.807, 2.05) is 6.07 Å². The molecule has 2 aliphatic rings. The third-order valence-corrected chi connectivity index (χ3v) is 7.42. The number of carbonyl (C=O) groups excluding carboxylic acids is 2. The summed E-state index contributed by atoms with van der Waals surface area (Å²) in [5.41, 5.74) is 2.23. The summed E-state index contributed by atoms with van der Waals surface area (Å²) in [4.78, 5) is 24.6. The molecule has 1 aliphatic heterocycles. The van der Waals surface area contributed by atoms with E-state index >= 15 is 0 Å². The number of hydrogen-bond donors (Lipinski definition) is 0. The number of fused-ring (bicyclic) bond motifs is 1. The van der Waals surface area contributed by atoms with Gasteiger partial charge in [-0.05, 0) is 54.7 Å². The van der Waals surface area contributed by atoms with E-state index in [-0.39, 0.29) is 31.2 Å². The summed E-state index contributed by atoms with van der Waals surface area (Å²) in [5.74, 6) is -2.41.